The summed E-state index contributed by atoms with van der Waals surface area (Å²) in [5.41, 5.74) is 9.21. The third-order valence-corrected chi connectivity index (χ3v) is 4.93. The van der Waals surface area contributed by atoms with Crippen molar-refractivity contribution in [3.63, 3.8) is 0 Å². The lowest BCUT2D eigenvalue weighted by atomic mass is 10.1. The van der Waals surface area contributed by atoms with Gasteiger partial charge in [0, 0.05) is 17.9 Å². The van der Waals surface area contributed by atoms with Gasteiger partial charge in [-0.1, -0.05) is 29.5 Å². The first kappa shape index (κ1) is 17.3. The van der Waals surface area contributed by atoms with E-state index in [0.29, 0.717) is 29.9 Å². The van der Waals surface area contributed by atoms with E-state index in [4.69, 9.17) is 12.2 Å². The number of nitrogens with zero attached hydrogens (tertiary/aromatic N) is 4. The molecule has 3 N–H and O–H groups in total. The Morgan fingerprint density at radius 3 is 2.96 bits per heavy atom. The molecule has 2 heterocycles. The molecule has 25 heavy (non-hydrogen) atoms. The summed E-state index contributed by atoms with van der Waals surface area (Å²) in [6.07, 6.45) is 8.30. The molecule has 0 unspecified atom stereocenters. The van der Waals surface area contributed by atoms with Gasteiger partial charge in [-0.25, -0.2) is 15.0 Å². The van der Waals surface area contributed by atoms with Crippen LogP contribution in [0.1, 0.15) is 24.0 Å². The van der Waals surface area contributed by atoms with Gasteiger partial charge >= 0.3 is 0 Å². The number of imidazole rings is 1. The zero-order chi connectivity index (χ0) is 17.8. The molecule has 0 aliphatic heterocycles. The zero-order valence-corrected chi connectivity index (χ0v) is 14.8. The summed E-state index contributed by atoms with van der Waals surface area (Å²) in [7, 11) is 0. The largest absolute Gasteiger partial charge is 0.392 e. The number of terminal acetylenes is 1. The van der Waals surface area contributed by atoms with E-state index < -0.39 is 0 Å². The minimum atomic E-state index is -0.0245. The van der Waals surface area contributed by atoms with Gasteiger partial charge in [-0.05, 0) is 25.0 Å². The maximum atomic E-state index is 9.64. The van der Waals surface area contributed by atoms with Crippen LogP contribution < -0.4 is 5.73 Å². The van der Waals surface area contributed by atoms with E-state index in [2.05, 4.69) is 20.9 Å². The topological polar surface area (TPSA) is 89.8 Å². The molecule has 0 amide bonds. The summed E-state index contributed by atoms with van der Waals surface area (Å²) in [5, 5.41) is 10.4. The lowest BCUT2D eigenvalue weighted by Crippen LogP contribution is -2.02. The number of aryl methyl sites for hydroxylation is 2. The number of hydrogen-bond donors (Lipinski definition) is 2. The maximum Gasteiger partial charge on any atom is 0.175 e. The summed E-state index contributed by atoms with van der Waals surface area (Å²) in [4.78, 5) is 13.9. The Morgan fingerprint density at radius 1 is 1.36 bits per heavy atom. The molecule has 2 aromatic heterocycles. The maximum absolute atomic E-state index is 9.64. The molecule has 0 saturated heterocycles. The van der Waals surface area contributed by atoms with Crippen LogP contribution in [-0.4, -0.2) is 24.6 Å². The van der Waals surface area contributed by atoms with Gasteiger partial charge in [-0.3, -0.25) is 0 Å². The monoisotopic (exact) mass is 353 g/mol. The highest BCUT2D eigenvalue weighted by Gasteiger charge is 2.16. The number of fused-ring (bicyclic) bond motifs is 1. The van der Waals surface area contributed by atoms with Gasteiger partial charge < -0.3 is 15.4 Å². The Morgan fingerprint density at radius 2 is 2.20 bits per heavy atom. The molecule has 3 rings (SSSR count). The van der Waals surface area contributed by atoms with E-state index in [1.54, 1.807) is 0 Å². The van der Waals surface area contributed by atoms with Crippen LogP contribution >= 0.6 is 11.8 Å². The van der Waals surface area contributed by atoms with Crippen LogP contribution in [0.5, 0.6) is 0 Å². The molecule has 0 radical (unpaired) electrons. The number of unbranched alkanes of at least 4 members (excludes halogenated alkanes) is 1. The number of nitrogen functional groups attached to an aromatic ring is 1. The smallest absolute Gasteiger partial charge is 0.175 e. The van der Waals surface area contributed by atoms with Crippen LogP contribution in [0.25, 0.3) is 11.2 Å². The summed E-state index contributed by atoms with van der Waals surface area (Å²) in [5.74, 6) is 3.01. The van der Waals surface area contributed by atoms with E-state index in [-0.39, 0.29) is 6.61 Å². The van der Waals surface area contributed by atoms with Gasteiger partial charge in [-0.15, -0.1) is 12.3 Å². The van der Waals surface area contributed by atoms with E-state index in [9.17, 15) is 5.11 Å². The molecular formula is C18H19N5OS. The minimum Gasteiger partial charge on any atom is -0.392 e. The third kappa shape index (κ3) is 3.60. The fraction of sp³-hybridized carbons (Fsp3) is 0.278. The highest BCUT2D eigenvalue weighted by Crippen LogP contribution is 2.33. The number of hydrogen-bond acceptors (Lipinski definition) is 6. The molecule has 6 nitrogen and oxygen atoms in total. The lowest BCUT2D eigenvalue weighted by Gasteiger charge is -2.10. The van der Waals surface area contributed by atoms with Crippen molar-refractivity contribution < 1.29 is 5.11 Å². The Labute approximate surface area is 150 Å². The van der Waals surface area contributed by atoms with Crippen molar-refractivity contribution in [1.29, 1.82) is 0 Å². The highest BCUT2D eigenvalue weighted by atomic mass is 32.2. The molecule has 0 aliphatic rings. The van der Waals surface area contributed by atoms with Crippen LogP contribution in [0.15, 0.2) is 34.6 Å². The van der Waals surface area contributed by atoms with Crippen molar-refractivity contribution in [3.05, 3.63) is 35.7 Å². The Balaban J connectivity index is 2.04. The van der Waals surface area contributed by atoms with Gasteiger partial charge in [0.25, 0.3) is 0 Å². The number of rotatable bonds is 6. The molecule has 128 valence electrons. The molecule has 0 aliphatic carbocycles. The van der Waals surface area contributed by atoms with Crippen molar-refractivity contribution in [3.8, 4) is 12.3 Å². The van der Waals surface area contributed by atoms with Gasteiger partial charge in [0.1, 0.15) is 6.33 Å². The number of aliphatic hydroxyl groups is 1. The second kappa shape index (κ2) is 7.55. The SMILES string of the molecule is C#CCCCn1c(Sc2ccc(C)cc2CO)nc2c(N)ncnc21. The first-order valence-corrected chi connectivity index (χ1v) is 8.74. The fourth-order valence-corrected chi connectivity index (χ4v) is 3.59. The quantitative estimate of drug-likeness (QED) is 0.523. The van der Waals surface area contributed by atoms with Crippen LogP contribution in [-0.2, 0) is 13.2 Å². The number of nitrogens with two attached hydrogens (primary N) is 1. The zero-order valence-electron chi connectivity index (χ0n) is 13.9. The molecule has 0 bridgehead atoms. The van der Waals surface area contributed by atoms with Crippen molar-refractivity contribution >= 4 is 28.7 Å². The van der Waals surface area contributed by atoms with E-state index in [1.807, 2.05) is 29.7 Å². The number of benzene rings is 1. The van der Waals surface area contributed by atoms with Crippen LogP contribution in [0.4, 0.5) is 5.82 Å². The molecule has 3 aromatic rings. The van der Waals surface area contributed by atoms with Gasteiger partial charge in [0.2, 0.25) is 0 Å². The molecule has 0 spiro atoms. The Kier molecular flexibility index (Phi) is 5.22. The van der Waals surface area contributed by atoms with E-state index in [1.165, 1.54) is 18.1 Å². The first-order valence-electron chi connectivity index (χ1n) is 7.92. The summed E-state index contributed by atoms with van der Waals surface area (Å²) in [6.45, 7) is 2.67. The summed E-state index contributed by atoms with van der Waals surface area (Å²) >= 11 is 1.48. The van der Waals surface area contributed by atoms with Crippen molar-refractivity contribution in [2.45, 2.75) is 43.0 Å². The number of aliphatic hydroxyl groups excluding tert-OH is 1. The third-order valence-electron chi connectivity index (χ3n) is 3.82. The average Bonchev–Trinajstić information content (AvgIpc) is 2.96. The molecule has 1 aromatic carbocycles. The van der Waals surface area contributed by atoms with Gasteiger partial charge in [0.15, 0.2) is 22.1 Å². The summed E-state index contributed by atoms with van der Waals surface area (Å²) < 4.78 is 2.01. The first-order chi connectivity index (χ1) is 12.1. The summed E-state index contributed by atoms with van der Waals surface area (Å²) in [6, 6.07) is 5.98. The predicted molar refractivity (Wildman–Crippen MR) is 99.0 cm³/mol. The normalized spacial score (nSPS) is 10.9. The average molecular weight is 353 g/mol. The van der Waals surface area contributed by atoms with E-state index in [0.717, 1.165) is 27.6 Å². The molecular weight excluding hydrogens is 334 g/mol. The number of aromatic nitrogens is 4. The minimum absolute atomic E-state index is 0.0245. The van der Waals surface area contributed by atoms with Crippen LogP contribution in [0, 0.1) is 19.3 Å². The van der Waals surface area contributed by atoms with Gasteiger partial charge in [0.05, 0.1) is 6.61 Å². The molecule has 0 atom stereocenters. The van der Waals surface area contributed by atoms with Crippen molar-refractivity contribution in [2.75, 3.05) is 5.73 Å². The fourth-order valence-electron chi connectivity index (χ4n) is 2.58. The molecule has 0 fully saturated rings. The lowest BCUT2D eigenvalue weighted by molar-refractivity contribution is 0.279. The second-order valence-electron chi connectivity index (χ2n) is 5.66. The standard InChI is InChI=1S/C18H19N5OS/c1-3-4-5-8-23-17-15(16(19)20-11-21-17)22-18(23)25-14-7-6-12(2)9-13(14)10-24/h1,6-7,9,11,24H,4-5,8,10H2,2H3,(H2,19,20,21). The van der Waals surface area contributed by atoms with Crippen LogP contribution in [0.3, 0.4) is 0 Å². The predicted octanol–water partition coefficient (Wildman–Crippen LogP) is 2.77. The second-order valence-corrected chi connectivity index (χ2v) is 6.67. The van der Waals surface area contributed by atoms with Gasteiger partial charge in [-0.2, -0.15) is 0 Å². The Bertz CT molecular complexity index is 945. The van der Waals surface area contributed by atoms with Crippen LogP contribution in [0.2, 0.25) is 0 Å². The Hall–Kier alpha value is -2.56. The van der Waals surface area contributed by atoms with E-state index >= 15 is 0 Å². The highest BCUT2D eigenvalue weighted by molar-refractivity contribution is 7.99. The van der Waals surface area contributed by atoms with Crippen molar-refractivity contribution in [2.24, 2.45) is 0 Å². The molecule has 7 heteroatoms. The number of anilines is 1. The molecule has 0 saturated carbocycles. The van der Waals surface area contributed by atoms with Crippen molar-refractivity contribution in [1.82, 2.24) is 19.5 Å².